The highest BCUT2D eigenvalue weighted by molar-refractivity contribution is 6.34. The van der Waals surface area contributed by atoms with Crippen LogP contribution >= 0.6 is 23.2 Å². The zero-order valence-electron chi connectivity index (χ0n) is 8.37. The molecule has 2 N–H and O–H groups in total. The van der Waals surface area contributed by atoms with Gasteiger partial charge in [-0.15, -0.1) is 0 Å². The molecule has 0 aliphatic heterocycles. The maximum absolute atomic E-state index is 9.63. The number of methoxy groups -OCH3 is 1. The van der Waals surface area contributed by atoms with Crippen molar-refractivity contribution in [3.8, 4) is 5.75 Å². The normalized spacial score (nSPS) is 14.8. The van der Waals surface area contributed by atoms with Gasteiger partial charge in [0.05, 0.1) is 23.3 Å². The first-order valence-electron chi connectivity index (χ1n) is 4.36. The number of hydrogen-bond acceptors (Lipinski definition) is 3. The molecule has 3 nitrogen and oxygen atoms in total. The molecule has 0 bridgehead atoms. The van der Waals surface area contributed by atoms with Crippen LogP contribution in [0.1, 0.15) is 18.6 Å². The van der Waals surface area contributed by atoms with Crippen LogP contribution in [0.15, 0.2) is 12.1 Å². The van der Waals surface area contributed by atoms with E-state index in [1.165, 1.54) is 26.2 Å². The Hall–Kier alpha value is -0.480. The van der Waals surface area contributed by atoms with Crippen LogP contribution in [0.2, 0.25) is 10.0 Å². The Morgan fingerprint density at radius 3 is 2.27 bits per heavy atom. The topological polar surface area (TPSA) is 49.7 Å². The molecule has 0 aromatic heterocycles. The van der Waals surface area contributed by atoms with E-state index in [2.05, 4.69) is 0 Å². The lowest BCUT2D eigenvalue weighted by molar-refractivity contribution is 0.0306. The van der Waals surface area contributed by atoms with E-state index in [1.54, 1.807) is 0 Å². The summed E-state index contributed by atoms with van der Waals surface area (Å²) in [5.41, 5.74) is 0.387. The van der Waals surface area contributed by atoms with Crippen LogP contribution in [-0.4, -0.2) is 23.4 Å². The smallest absolute Gasteiger partial charge is 0.138 e. The molecule has 1 aromatic carbocycles. The maximum Gasteiger partial charge on any atom is 0.138 e. The van der Waals surface area contributed by atoms with Gasteiger partial charge in [-0.1, -0.05) is 23.2 Å². The highest BCUT2D eigenvalue weighted by Crippen LogP contribution is 2.34. The van der Waals surface area contributed by atoms with Gasteiger partial charge in [0, 0.05) is 11.6 Å². The van der Waals surface area contributed by atoms with E-state index < -0.39 is 12.2 Å². The molecule has 0 saturated heterocycles. The lowest BCUT2D eigenvalue weighted by Gasteiger charge is -2.16. The Morgan fingerprint density at radius 1 is 1.20 bits per heavy atom. The monoisotopic (exact) mass is 250 g/mol. The first-order valence-corrected chi connectivity index (χ1v) is 5.12. The second-order valence-corrected chi connectivity index (χ2v) is 4.01. The number of aliphatic hydroxyl groups excluding tert-OH is 2. The second-order valence-electron chi connectivity index (χ2n) is 3.19. The summed E-state index contributed by atoms with van der Waals surface area (Å²) in [5.74, 6) is 0.434. The van der Waals surface area contributed by atoms with E-state index in [0.29, 0.717) is 21.4 Å². The lowest BCUT2D eigenvalue weighted by Crippen LogP contribution is -2.14. The van der Waals surface area contributed by atoms with Crippen LogP contribution in [0.5, 0.6) is 5.75 Å². The molecule has 0 aliphatic rings. The average Bonchev–Trinajstić information content (AvgIpc) is 2.19. The molecule has 0 amide bonds. The Morgan fingerprint density at radius 2 is 1.80 bits per heavy atom. The quantitative estimate of drug-likeness (QED) is 0.867. The molecule has 1 aromatic rings. The number of aliphatic hydroxyl groups is 2. The third kappa shape index (κ3) is 2.75. The lowest BCUT2D eigenvalue weighted by atomic mass is 10.1. The highest BCUT2D eigenvalue weighted by Gasteiger charge is 2.18. The van der Waals surface area contributed by atoms with Crippen LogP contribution < -0.4 is 4.74 Å². The van der Waals surface area contributed by atoms with Crippen molar-refractivity contribution < 1.29 is 14.9 Å². The van der Waals surface area contributed by atoms with Gasteiger partial charge in [-0.3, -0.25) is 0 Å². The molecule has 84 valence electrons. The minimum atomic E-state index is -1.05. The minimum absolute atomic E-state index is 0.310. The molecule has 0 spiro atoms. The first kappa shape index (κ1) is 12.6. The van der Waals surface area contributed by atoms with E-state index in [9.17, 15) is 10.2 Å². The van der Waals surface area contributed by atoms with E-state index >= 15 is 0 Å². The first-order chi connectivity index (χ1) is 6.97. The summed E-state index contributed by atoms with van der Waals surface area (Å²) < 4.78 is 4.96. The van der Waals surface area contributed by atoms with Gasteiger partial charge in [-0.25, -0.2) is 0 Å². The molecule has 2 unspecified atom stereocenters. The summed E-state index contributed by atoms with van der Waals surface area (Å²) in [6.07, 6.45) is -1.96. The zero-order chi connectivity index (χ0) is 11.6. The SMILES string of the molecule is COc1cc(Cl)c(C(O)C(C)O)cc1Cl. The fourth-order valence-electron chi connectivity index (χ4n) is 1.19. The van der Waals surface area contributed by atoms with Crippen molar-refractivity contribution >= 4 is 23.2 Å². The van der Waals surface area contributed by atoms with E-state index in [1.807, 2.05) is 0 Å². The summed E-state index contributed by atoms with van der Waals surface area (Å²) >= 11 is 11.8. The number of ether oxygens (including phenoxy) is 1. The molecule has 1 rings (SSSR count). The van der Waals surface area contributed by atoms with Gasteiger partial charge in [-0.05, 0) is 13.0 Å². The number of rotatable bonds is 3. The maximum atomic E-state index is 9.63. The molecule has 0 saturated carbocycles. The van der Waals surface area contributed by atoms with E-state index in [4.69, 9.17) is 27.9 Å². The van der Waals surface area contributed by atoms with E-state index in [-0.39, 0.29) is 0 Å². The van der Waals surface area contributed by atoms with Crippen molar-refractivity contribution in [1.29, 1.82) is 0 Å². The third-order valence-corrected chi connectivity index (χ3v) is 2.67. The van der Waals surface area contributed by atoms with Gasteiger partial charge < -0.3 is 14.9 Å². The van der Waals surface area contributed by atoms with Gasteiger partial charge in [0.2, 0.25) is 0 Å². The van der Waals surface area contributed by atoms with Crippen molar-refractivity contribution in [2.24, 2.45) is 0 Å². The molecule has 5 heteroatoms. The minimum Gasteiger partial charge on any atom is -0.495 e. The molecule has 15 heavy (non-hydrogen) atoms. The molecule has 0 radical (unpaired) electrons. The van der Waals surface area contributed by atoms with Crippen molar-refractivity contribution in [3.05, 3.63) is 27.7 Å². The molecular weight excluding hydrogens is 239 g/mol. The van der Waals surface area contributed by atoms with Gasteiger partial charge in [-0.2, -0.15) is 0 Å². The second kappa shape index (κ2) is 5.03. The highest BCUT2D eigenvalue weighted by atomic mass is 35.5. The molecule has 0 heterocycles. The fraction of sp³-hybridized carbons (Fsp3) is 0.400. The van der Waals surface area contributed by atoms with Gasteiger partial charge >= 0.3 is 0 Å². The van der Waals surface area contributed by atoms with Crippen LogP contribution in [0.4, 0.5) is 0 Å². The Kier molecular flexibility index (Phi) is 4.22. The largest absolute Gasteiger partial charge is 0.495 e. The summed E-state index contributed by atoms with van der Waals surface area (Å²) in [6.45, 7) is 1.47. The molecule has 0 fully saturated rings. The van der Waals surface area contributed by atoms with Crippen LogP contribution in [0.3, 0.4) is 0 Å². The Bertz CT molecular complexity index is 353. The van der Waals surface area contributed by atoms with Crippen molar-refractivity contribution in [1.82, 2.24) is 0 Å². The molecular formula is C10H12Cl2O3. The van der Waals surface area contributed by atoms with Gasteiger partial charge in [0.1, 0.15) is 11.9 Å². The number of hydrogen-bond donors (Lipinski definition) is 2. The number of halogens is 2. The zero-order valence-corrected chi connectivity index (χ0v) is 9.88. The standard InChI is InChI=1S/C10H12Cl2O3/c1-5(13)10(14)6-3-8(12)9(15-2)4-7(6)11/h3-5,10,13-14H,1-2H3. The summed E-state index contributed by atoms with van der Waals surface area (Å²) in [5, 5.41) is 19.5. The molecule has 2 atom stereocenters. The summed E-state index contributed by atoms with van der Waals surface area (Å²) in [6, 6.07) is 2.99. The average molecular weight is 251 g/mol. The van der Waals surface area contributed by atoms with Crippen LogP contribution in [-0.2, 0) is 0 Å². The Balaban J connectivity index is 3.15. The third-order valence-electron chi connectivity index (χ3n) is 2.05. The van der Waals surface area contributed by atoms with Crippen molar-refractivity contribution in [3.63, 3.8) is 0 Å². The Labute approximate surface area is 98.2 Å². The van der Waals surface area contributed by atoms with Crippen LogP contribution in [0, 0.1) is 0 Å². The molecule has 0 aliphatic carbocycles. The van der Waals surface area contributed by atoms with Crippen LogP contribution in [0.25, 0.3) is 0 Å². The fourth-order valence-corrected chi connectivity index (χ4v) is 1.70. The van der Waals surface area contributed by atoms with Gasteiger partial charge in [0.25, 0.3) is 0 Å². The van der Waals surface area contributed by atoms with Crippen molar-refractivity contribution in [2.75, 3.05) is 7.11 Å². The van der Waals surface area contributed by atoms with E-state index in [0.717, 1.165) is 0 Å². The van der Waals surface area contributed by atoms with Crippen molar-refractivity contribution in [2.45, 2.75) is 19.1 Å². The predicted molar refractivity (Wildman–Crippen MR) is 59.7 cm³/mol. The number of benzene rings is 1. The summed E-state index contributed by atoms with van der Waals surface area (Å²) in [4.78, 5) is 0. The van der Waals surface area contributed by atoms with Gasteiger partial charge in [0.15, 0.2) is 0 Å². The summed E-state index contributed by atoms with van der Waals surface area (Å²) in [7, 11) is 1.47. The predicted octanol–water partition coefficient (Wildman–Crippen LogP) is 2.42.